The largest absolute Gasteiger partial charge is 0.481 e. The molecule has 1 unspecified atom stereocenters. The number of amides is 1. The molecule has 1 aromatic rings. The summed E-state index contributed by atoms with van der Waals surface area (Å²) in [5, 5.41) is 12.1. The molecule has 0 saturated heterocycles. The van der Waals surface area contributed by atoms with Crippen molar-refractivity contribution in [2.75, 3.05) is 5.32 Å². The van der Waals surface area contributed by atoms with Gasteiger partial charge in [0.2, 0.25) is 5.91 Å². The Bertz CT molecular complexity index is 505. The van der Waals surface area contributed by atoms with Crippen LogP contribution in [0.15, 0.2) is 24.3 Å². The van der Waals surface area contributed by atoms with Gasteiger partial charge in [-0.15, -0.1) is 0 Å². The number of carboxylic acids is 1. The first-order valence-electron chi connectivity index (χ1n) is 7.30. The standard InChI is InChI=1S/C17H25NO3/c1-11(2)13-6-8-14(9-7-13)18-15(19)10-17(5,12(3)4)16(20)21/h6-9,11-12H,10H2,1-5H3,(H,18,19)(H,20,21). The monoisotopic (exact) mass is 291 g/mol. The Labute approximate surface area is 126 Å². The Morgan fingerprint density at radius 1 is 1.14 bits per heavy atom. The van der Waals surface area contributed by atoms with Crippen molar-refractivity contribution in [2.45, 2.75) is 47.0 Å². The number of nitrogens with one attached hydrogen (secondary N) is 1. The van der Waals surface area contributed by atoms with E-state index in [2.05, 4.69) is 19.2 Å². The van der Waals surface area contributed by atoms with Crippen LogP contribution in [0, 0.1) is 11.3 Å². The molecule has 0 heterocycles. The van der Waals surface area contributed by atoms with Crippen LogP contribution in [0.2, 0.25) is 0 Å². The van der Waals surface area contributed by atoms with Gasteiger partial charge in [-0.25, -0.2) is 0 Å². The SMILES string of the molecule is CC(C)c1ccc(NC(=O)CC(C)(C(=O)O)C(C)C)cc1. The van der Waals surface area contributed by atoms with Crippen molar-refractivity contribution < 1.29 is 14.7 Å². The molecule has 0 spiro atoms. The molecule has 0 bridgehead atoms. The molecule has 0 fully saturated rings. The highest BCUT2D eigenvalue weighted by molar-refractivity contribution is 5.94. The van der Waals surface area contributed by atoms with Gasteiger partial charge in [-0.05, 0) is 36.5 Å². The van der Waals surface area contributed by atoms with Crippen molar-refractivity contribution >= 4 is 17.6 Å². The van der Waals surface area contributed by atoms with Crippen molar-refractivity contribution in [3.05, 3.63) is 29.8 Å². The molecule has 1 atom stereocenters. The Morgan fingerprint density at radius 3 is 2.05 bits per heavy atom. The summed E-state index contributed by atoms with van der Waals surface area (Å²) in [6.07, 6.45) is -0.0358. The van der Waals surface area contributed by atoms with Crippen LogP contribution in [-0.4, -0.2) is 17.0 Å². The van der Waals surface area contributed by atoms with Crippen molar-refractivity contribution in [2.24, 2.45) is 11.3 Å². The summed E-state index contributed by atoms with van der Waals surface area (Å²) in [5.74, 6) is -0.899. The van der Waals surface area contributed by atoms with Gasteiger partial charge in [-0.3, -0.25) is 9.59 Å². The minimum absolute atomic E-state index is 0.0358. The predicted octanol–water partition coefficient (Wildman–Crippen LogP) is 3.89. The normalized spacial score (nSPS) is 14.0. The smallest absolute Gasteiger partial charge is 0.310 e. The Hall–Kier alpha value is -1.84. The van der Waals surface area contributed by atoms with Crippen LogP contribution in [0.4, 0.5) is 5.69 Å². The van der Waals surface area contributed by atoms with Gasteiger partial charge in [-0.1, -0.05) is 39.8 Å². The fraction of sp³-hybridized carbons (Fsp3) is 0.529. The summed E-state index contributed by atoms with van der Waals surface area (Å²) in [4.78, 5) is 23.5. The molecule has 1 amide bonds. The average Bonchev–Trinajstić information content (AvgIpc) is 2.38. The zero-order chi connectivity index (χ0) is 16.2. The molecular formula is C17H25NO3. The van der Waals surface area contributed by atoms with Crippen LogP contribution in [0.3, 0.4) is 0 Å². The highest BCUT2D eigenvalue weighted by atomic mass is 16.4. The van der Waals surface area contributed by atoms with Gasteiger partial charge in [0.1, 0.15) is 0 Å². The summed E-state index contributed by atoms with van der Waals surface area (Å²) >= 11 is 0. The van der Waals surface area contributed by atoms with Crippen molar-refractivity contribution in [3.8, 4) is 0 Å². The fourth-order valence-corrected chi connectivity index (χ4v) is 2.02. The first kappa shape index (κ1) is 17.2. The number of benzene rings is 1. The van der Waals surface area contributed by atoms with E-state index in [9.17, 15) is 14.7 Å². The molecular weight excluding hydrogens is 266 g/mol. The van der Waals surface area contributed by atoms with Crippen LogP contribution in [0.1, 0.15) is 52.5 Å². The van der Waals surface area contributed by atoms with Gasteiger partial charge in [0.05, 0.1) is 5.41 Å². The third-order valence-electron chi connectivity index (χ3n) is 4.15. The van der Waals surface area contributed by atoms with E-state index in [0.29, 0.717) is 11.6 Å². The Morgan fingerprint density at radius 2 is 1.67 bits per heavy atom. The topological polar surface area (TPSA) is 66.4 Å². The third kappa shape index (κ3) is 4.31. The second kappa shape index (κ2) is 6.74. The molecule has 0 saturated carbocycles. The maximum Gasteiger partial charge on any atom is 0.310 e. The number of aliphatic carboxylic acids is 1. The molecule has 1 rings (SSSR count). The quantitative estimate of drug-likeness (QED) is 0.835. The minimum atomic E-state index is -1.05. The lowest BCUT2D eigenvalue weighted by atomic mass is 9.76. The third-order valence-corrected chi connectivity index (χ3v) is 4.15. The second-order valence-corrected chi connectivity index (χ2v) is 6.38. The van der Waals surface area contributed by atoms with Gasteiger partial charge in [0.15, 0.2) is 0 Å². The molecule has 0 aliphatic heterocycles. The highest BCUT2D eigenvalue weighted by Gasteiger charge is 2.38. The molecule has 2 N–H and O–H groups in total. The van der Waals surface area contributed by atoms with E-state index in [0.717, 1.165) is 0 Å². The molecule has 0 aromatic heterocycles. The summed E-state index contributed by atoms with van der Waals surface area (Å²) in [7, 11) is 0. The van der Waals surface area contributed by atoms with E-state index in [-0.39, 0.29) is 18.2 Å². The number of carbonyl (C=O) groups excluding carboxylic acids is 1. The van der Waals surface area contributed by atoms with Crippen LogP contribution in [0.5, 0.6) is 0 Å². The maximum atomic E-state index is 12.1. The Balaban J connectivity index is 2.75. The molecule has 4 heteroatoms. The lowest BCUT2D eigenvalue weighted by Crippen LogP contribution is -2.37. The average molecular weight is 291 g/mol. The lowest BCUT2D eigenvalue weighted by Gasteiger charge is -2.28. The van der Waals surface area contributed by atoms with Crippen LogP contribution < -0.4 is 5.32 Å². The van der Waals surface area contributed by atoms with E-state index in [4.69, 9.17) is 0 Å². The zero-order valence-corrected chi connectivity index (χ0v) is 13.4. The van der Waals surface area contributed by atoms with Gasteiger partial charge in [0, 0.05) is 12.1 Å². The summed E-state index contributed by atoms with van der Waals surface area (Å²) in [6, 6.07) is 7.64. The molecule has 0 aliphatic carbocycles. The highest BCUT2D eigenvalue weighted by Crippen LogP contribution is 2.31. The summed E-state index contributed by atoms with van der Waals surface area (Å²) < 4.78 is 0. The minimum Gasteiger partial charge on any atom is -0.481 e. The van der Waals surface area contributed by atoms with Crippen LogP contribution in [0.25, 0.3) is 0 Å². The molecule has 0 aliphatic rings. The van der Waals surface area contributed by atoms with Crippen molar-refractivity contribution in [3.63, 3.8) is 0 Å². The van der Waals surface area contributed by atoms with Crippen LogP contribution in [-0.2, 0) is 9.59 Å². The number of anilines is 1. The van der Waals surface area contributed by atoms with E-state index in [1.807, 2.05) is 38.1 Å². The Kier molecular flexibility index (Phi) is 5.53. The summed E-state index contributed by atoms with van der Waals surface area (Å²) in [6.45, 7) is 9.46. The number of hydrogen-bond donors (Lipinski definition) is 2. The first-order chi connectivity index (χ1) is 9.66. The number of hydrogen-bond acceptors (Lipinski definition) is 2. The number of rotatable bonds is 6. The maximum absolute atomic E-state index is 12.1. The second-order valence-electron chi connectivity index (χ2n) is 6.38. The van der Waals surface area contributed by atoms with Gasteiger partial charge >= 0.3 is 5.97 Å². The van der Waals surface area contributed by atoms with Crippen molar-refractivity contribution in [1.82, 2.24) is 0 Å². The predicted molar refractivity (Wildman–Crippen MR) is 84.4 cm³/mol. The van der Waals surface area contributed by atoms with E-state index < -0.39 is 11.4 Å². The van der Waals surface area contributed by atoms with Crippen LogP contribution >= 0.6 is 0 Å². The lowest BCUT2D eigenvalue weighted by molar-refractivity contribution is -0.153. The fourth-order valence-electron chi connectivity index (χ4n) is 2.02. The van der Waals surface area contributed by atoms with E-state index >= 15 is 0 Å². The molecule has 4 nitrogen and oxygen atoms in total. The van der Waals surface area contributed by atoms with Crippen molar-refractivity contribution in [1.29, 1.82) is 0 Å². The van der Waals surface area contributed by atoms with Gasteiger partial charge in [0.25, 0.3) is 0 Å². The van der Waals surface area contributed by atoms with Gasteiger partial charge < -0.3 is 10.4 Å². The first-order valence-corrected chi connectivity index (χ1v) is 7.30. The molecule has 21 heavy (non-hydrogen) atoms. The van der Waals surface area contributed by atoms with E-state index in [1.54, 1.807) is 6.92 Å². The molecule has 116 valence electrons. The zero-order valence-electron chi connectivity index (χ0n) is 13.4. The molecule has 1 aromatic carbocycles. The van der Waals surface area contributed by atoms with E-state index in [1.165, 1.54) is 5.56 Å². The van der Waals surface area contributed by atoms with Gasteiger partial charge in [-0.2, -0.15) is 0 Å². The number of carboxylic acid groups (broad SMARTS) is 1. The molecule has 0 radical (unpaired) electrons. The number of carbonyl (C=O) groups is 2. The summed E-state index contributed by atoms with van der Waals surface area (Å²) in [5.41, 5.74) is 0.841.